The van der Waals surface area contributed by atoms with Crippen LogP contribution in [0.25, 0.3) is 0 Å². The summed E-state index contributed by atoms with van der Waals surface area (Å²) >= 11 is 0. The number of anilines is 1. The van der Waals surface area contributed by atoms with Crippen molar-refractivity contribution in [2.24, 2.45) is 13.0 Å². The van der Waals surface area contributed by atoms with Gasteiger partial charge in [0.2, 0.25) is 5.95 Å². The van der Waals surface area contributed by atoms with E-state index in [1.165, 1.54) is 19.3 Å². The third-order valence-electron chi connectivity index (χ3n) is 3.03. The topological polar surface area (TPSA) is 29.9 Å². The molecule has 0 bridgehead atoms. The molecule has 1 aromatic heterocycles. The molecule has 1 fully saturated rings. The summed E-state index contributed by atoms with van der Waals surface area (Å²) in [5.74, 6) is 1.84. The molecule has 72 valence electrons. The Bertz CT molecular complexity index is 275. The molecule has 1 aliphatic carbocycles. The largest absolute Gasteiger partial charge is 0.353 e. The summed E-state index contributed by atoms with van der Waals surface area (Å²) in [7, 11) is 2.02. The highest BCUT2D eigenvalue weighted by atomic mass is 15.2. The Morgan fingerprint density at radius 2 is 2.38 bits per heavy atom. The first-order valence-corrected chi connectivity index (χ1v) is 5.01. The van der Waals surface area contributed by atoms with E-state index in [-0.39, 0.29) is 0 Å². The van der Waals surface area contributed by atoms with Gasteiger partial charge in [0, 0.05) is 25.5 Å². The Morgan fingerprint density at radius 3 is 2.85 bits per heavy atom. The van der Waals surface area contributed by atoms with E-state index >= 15 is 0 Å². The molecule has 1 heterocycles. The first-order valence-electron chi connectivity index (χ1n) is 5.01. The van der Waals surface area contributed by atoms with E-state index in [2.05, 4.69) is 17.2 Å². The molecule has 1 unspecified atom stereocenters. The maximum Gasteiger partial charge on any atom is 0.202 e. The maximum absolute atomic E-state index is 4.25. The molecular formula is C10H17N3. The van der Waals surface area contributed by atoms with Gasteiger partial charge in [-0.05, 0) is 25.7 Å². The van der Waals surface area contributed by atoms with Crippen molar-refractivity contribution in [1.82, 2.24) is 9.55 Å². The first-order chi connectivity index (χ1) is 6.27. The fourth-order valence-electron chi connectivity index (χ4n) is 1.77. The van der Waals surface area contributed by atoms with Gasteiger partial charge in [0.25, 0.3) is 0 Å². The van der Waals surface area contributed by atoms with E-state index in [1.54, 1.807) is 0 Å². The third-order valence-corrected chi connectivity index (χ3v) is 3.03. The lowest BCUT2D eigenvalue weighted by Crippen LogP contribution is -2.31. The standard InChI is InChI=1S/C10H17N3/c1-8(9-4-3-5-9)12-10-11-6-7-13(10)2/h6-9H,3-5H2,1-2H3,(H,11,12). The molecule has 1 aromatic rings. The fraction of sp³-hybridized carbons (Fsp3) is 0.700. The van der Waals surface area contributed by atoms with Gasteiger partial charge in [0.05, 0.1) is 0 Å². The van der Waals surface area contributed by atoms with Crippen LogP contribution in [-0.2, 0) is 7.05 Å². The fourth-order valence-corrected chi connectivity index (χ4v) is 1.77. The zero-order valence-corrected chi connectivity index (χ0v) is 8.33. The molecule has 3 nitrogen and oxygen atoms in total. The van der Waals surface area contributed by atoms with Crippen LogP contribution in [0.1, 0.15) is 26.2 Å². The summed E-state index contributed by atoms with van der Waals surface area (Å²) in [5.41, 5.74) is 0. The quantitative estimate of drug-likeness (QED) is 0.769. The van der Waals surface area contributed by atoms with Crippen LogP contribution in [0.2, 0.25) is 0 Å². The summed E-state index contributed by atoms with van der Waals surface area (Å²) in [6.45, 7) is 2.25. The second-order valence-electron chi connectivity index (χ2n) is 3.99. The number of rotatable bonds is 3. The van der Waals surface area contributed by atoms with Gasteiger partial charge in [-0.3, -0.25) is 0 Å². The predicted molar refractivity (Wildman–Crippen MR) is 53.6 cm³/mol. The molecule has 1 N–H and O–H groups in total. The van der Waals surface area contributed by atoms with Crippen molar-refractivity contribution in [1.29, 1.82) is 0 Å². The van der Waals surface area contributed by atoms with Gasteiger partial charge in [0.1, 0.15) is 0 Å². The second-order valence-corrected chi connectivity index (χ2v) is 3.99. The van der Waals surface area contributed by atoms with Gasteiger partial charge in [-0.2, -0.15) is 0 Å². The van der Waals surface area contributed by atoms with Crippen molar-refractivity contribution in [3.63, 3.8) is 0 Å². The highest BCUT2D eigenvalue weighted by Crippen LogP contribution is 2.30. The molecule has 3 heteroatoms. The van der Waals surface area contributed by atoms with E-state index in [9.17, 15) is 0 Å². The van der Waals surface area contributed by atoms with E-state index in [1.807, 2.05) is 24.0 Å². The SMILES string of the molecule is CC(Nc1nccn1C)C1CCC1. The molecule has 0 amide bonds. The lowest BCUT2D eigenvalue weighted by Gasteiger charge is -2.32. The molecule has 0 saturated heterocycles. The molecule has 0 aromatic carbocycles. The van der Waals surface area contributed by atoms with Gasteiger partial charge in [-0.25, -0.2) is 4.98 Å². The number of hydrogen-bond acceptors (Lipinski definition) is 2. The molecule has 13 heavy (non-hydrogen) atoms. The van der Waals surface area contributed by atoms with Crippen LogP contribution in [0.5, 0.6) is 0 Å². The van der Waals surface area contributed by atoms with Crippen molar-refractivity contribution in [2.75, 3.05) is 5.32 Å². The van der Waals surface area contributed by atoms with Gasteiger partial charge in [-0.1, -0.05) is 6.42 Å². The lowest BCUT2D eigenvalue weighted by atomic mass is 9.80. The van der Waals surface area contributed by atoms with Crippen molar-refractivity contribution in [3.8, 4) is 0 Å². The Balaban J connectivity index is 1.93. The van der Waals surface area contributed by atoms with Crippen LogP contribution in [0.4, 0.5) is 5.95 Å². The zero-order chi connectivity index (χ0) is 9.26. The summed E-state index contributed by atoms with van der Waals surface area (Å²) in [6.07, 6.45) is 7.94. The van der Waals surface area contributed by atoms with Gasteiger partial charge < -0.3 is 9.88 Å². The number of nitrogens with zero attached hydrogens (tertiary/aromatic N) is 2. The molecule has 0 radical (unpaired) electrons. The van der Waals surface area contributed by atoms with E-state index < -0.39 is 0 Å². The Morgan fingerprint density at radius 1 is 1.62 bits per heavy atom. The van der Waals surface area contributed by atoms with Crippen LogP contribution < -0.4 is 5.32 Å². The van der Waals surface area contributed by atoms with Crippen molar-refractivity contribution in [3.05, 3.63) is 12.4 Å². The number of imidazole rings is 1. The van der Waals surface area contributed by atoms with E-state index in [0.717, 1.165) is 11.9 Å². The van der Waals surface area contributed by atoms with Crippen molar-refractivity contribution in [2.45, 2.75) is 32.2 Å². The van der Waals surface area contributed by atoms with Gasteiger partial charge in [-0.15, -0.1) is 0 Å². The summed E-state index contributed by atoms with van der Waals surface area (Å²) < 4.78 is 2.02. The van der Waals surface area contributed by atoms with Gasteiger partial charge >= 0.3 is 0 Å². The normalized spacial score (nSPS) is 19.5. The predicted octanol–water partition coefficient (Wildman–Crippen LogP) is 2.02. The van der Waals surface area contributed by atoms with E-state index in [0.29, 0.717) is 6.04 Å². The van der Waals surface area contributed by atoms with E-state index in [4.69, 9.17) is 0 Å². The third kappa shape index (κ3) is 1.69. The molecular weight excluding hydrogens is 162 g/mol. The Labute approximate surface area is 79.2 Å². The lowest BCUT2D eigenvalue weighted by molar-refractivity contribution is 0.284. The average molecular weight is 179 g/mol. The first kappa shape index (κ1) is 8.60. The average Bonchev–Trinajstić information content (AvgIpc) is 2.32. The van der Waals surface area contributed by atoms with Crippen LogP contribution in [-0.4, -0.2) is 15.6 Å². The molecule has 1 saturated carbocycles. The van der Waals surface area contributed by atoms with Crippen LogP contribution >= 0.6 is 0 Å². The number of hydrogen-bond donors (Lipinski definition) is 1. The molecule has 0 spiro atoms. The maximum atomic E-state index is 4.25. The van der Waals surface area contributed by atoms with Crippen molar-refractivity contribution >= 4 is 5.95 Å². The smallest absolute Gasteiger partial charge is 0.202 e. The summed E-state index contributed by atoms with van der Waals surface area (Å²) in [5, 5.41) is 3.44. The number of nitrogens with one attached hydrogen (secondary N) is 1. The van der Waals surface area contributed by atoms with Crippen LogP contribution in [0.3, 0.4) is 0 Å². The zero-order valence-electron chi connectivity index (χ0n) is 8.33. The van der Waals surface area contributed by atoms with Gasteiger partial charge in [0.15, 0.2) is 0 Å². The van der Waals surface area contributed by atoms with Crippen LogP contribution in [0.15, 0.2) is 12.4 Å². The summed E-state index contributed by atoms with van der Waals surface area (Å²) in [4.78, 5) is 4.25. The molecule has 1 atom stereocenters. The Kier molecular flexibility index (Phi) is 2.25. The minimum Gasteiger partial charge on any atom is -0.353 e. The van der Waals surface area contributed by atoms with Crippen LogP contribution in [0, 0.1) is 5.92 Å². The highest BCUT2D eigenvalue weighted by Gasteiger charge is 2.24. The number of aromatic nitrogens is 2. The minimum absolute atomic E-state index is 0.565. The second kappa shape index (κ2) is 3.40. The number of aryl methyl sites for hydroxylation is 1. The summed E-state index contributed by atoms with van der Waals surface area (Å²) in [6, 6.07) is 0.565. The molecule has 0 aliphatic heterocycles. The Hall–Kier alpha value is -0.990. The monoisotopic (exact) mass is 179 g/mol. The molecule has 1 aliphatic rings. The van der Waals surface area contributed by atoms with Crippen molar-refractivity contribution < 1.29 is 0 Å². The highest BCUT2D eigenvalue weighted by molar-refractivity contribution is 5.27. The molecule has 2 rings (SSSR count). The minimum atomic E-state index is 0.565.